The zero-order valence-electron chi connectivity index (χ0n) is 14.3. The maximum absolute atomic E-state index is 12.9. The predicted molar refractivity (Wildman–Crippen MR) is 101 cm³/mol. The zero-order chi connectivity index (χ0) is 16.7. The molecule has 3 aliphatic rings. The Labute approximate surface area is 151 Å². The van der Waals surface area contributed by atoms with Crippen molar-refractivity contribution in [1.82, 2.24) is 9.88 Å². The molecule has 128 valence electrons. The Balaban J connectivity index is 1.56. The van der Waals surface area contributed by atoms with Crippen LogP contribution in [0.2, 0.25) is 0 Å². The number of nitrogens with zero attached hydrogens (tertiary/aromatic N) is 1. The third-order valence-electron chi connectivity index (χ3n) is 6.31. The van der Waals surface area contributed by atoms with Crippen molar-refractivity contribution in [3.05, 3.63) is 34.4 Å². The third-order valence-corrected chi connectivity index (χ3v) is 6.95. The average molecular weight is 389 g/mol. The van der Waals surface area contributed by atoms with Crippen LogP contribution >= 0.6 is 15.9 Å². The normalized spacial score (nSPS) is 26.0. The Bertz CT molecular complexity index is 758. The van der Waals surface area contributed by atoms with E-state index in [0.29, 0.717) is 5.41 Å². The predicted octanol–water partition coefficient (Wildman–Crippen LogP) is 5.12. The van der Waals surface area contributed by atoms with Crippen LogP contribution in [0.5, 0.6) is 0 Å². The second-order valence-electron chi connectivity index (χ2n) is 7.63. The first kappa shape index (κ1) is 16.2. The van der Waals surface area contributed by atoms with Gasteiger partial charge in [-0.1, -0.05) is 12.1 Å². The smallest absolute Gasteiger partial charge is 0.253 e. The summed E-state index contributed by atoms with van der Waals surface area (Å²) in [6.07, 6.45) is 9.95. The summed E-state index contributed by atoms with van der Waals surface area (Å²) < 4.78 is 3.20. The number of para-hydroxylation sites is 1. The Hall–Kier alpha value is -1.29. The highest BCUT2D eigenvalue weighted by Crippen LogP contribution is 2.49. The standard InChI is InChI=1S/C20H25BrN2O/c1-2-23-12-16(15-4-3-5-17(21)18(15)23)19(24)22-13-20-9-6-14(7-10-20)8-11-20/h3-5,12,14H,2,6-11,13H2,1H3,(H,22,24). The van der Waals surface area contributed by atoms with E-state index >= 15 is 0 Å². The molecule has 0 atom stereocenters. The van der Waals surface area contributed by atoms with Gasteiger partial charge < -0.3 is 9.88 Å². The fraction of sp³-hybridized carbons (Fsp3) is 0.550. The lowest BCUT2D eigenvalue weighted by Crippen LogP contribution is -2.43. The van der Waals surface area contributed by atoms with Crippen molar-refractivity contribution < 1.29 is 4.79 Å². The maximum Gasteiger partial charge on any atom is 0.253 e. The summed E-state index contributed by atoms with van der Waals surface area (Å²) in [5, 5.41) is 4.30. The Morgan fingerprint density at radius 2 is 2.00 bits per heavy atom. The number of hydrogen-bond acceptors (Lipinski definition) is 1. The van der Waals surface area contributed by atoms with Gasteiger partial charge in [-0.05, 0) is 78.8 Å². The van der Waals surface area contributed by atoms with Crippen molar-refractivity contribution in [2.24, 2.45) is 11.3 Å². The first-order valence-corrected chi connectivity index (χ1v) is 9.97. The van der Waals surface area contributed by atoms with E-state index in [4.69, 9.17) is 0 Å². The fourth-order valence-corrected chi connectivity index (χ4v) is 5.31. The first-order valence-electron chi connectivity index (χ1n) is 9.17. The number of nitrogens with one attached hydrogen (secondary N) is 1. The van der Waals surface area contributed by atoms with Crippen molar-refractivity contribution in [3.8, 4) is 0 Å². The lowest BCUT2D eigenvalue weighted by Gasteiger charge is -2.46. The van der Waals surface area contributed by atoms with Crippen molar-refractivity contribution in [3.63, 3.8) is 0 Å². The van der Waals surface area contributed by atoms with Crippen molar-refractivity contribution >= 4 is 32.7 Å². The molecule has 0 unspecified atom stereocenters. The van der Waals surface area contributed by atoms with Gasteiger partial charge in [0.05, 0.1) is 11.1 Å². The number of amides is 1. The van der Waals surface area contributed by atoms with Gasteiger partial charge in [-0.3, -0.25) is 4.79 Å². The number of halogens is 1. The van der Waals surface area contributed by atoms with Crippen LogP contribution in [-0.2, 0) is 6.54 Å². The first-order chi connectivity index (χ1) is 11.6. The van der Waals surface area contributed by atoms with Crippen molar-refractivity contribution in [1.29, 1.82) is 0 Å². The molecule has 0 radical (unpaired) electrons. The van der Waals surface area contributed by atoms with Crippen LogP contribution in [0.15, 0.2) is 28.9 Å². The molecular formula is C20H25BrN2O. The molecule has 1 heterocycles. The van der Waals surface area contributed by atoms with E-state index in [1.807, 2.05) is 24.4 Å². The molecule has 0 aliphatic heterocycles. The Kier molecular flexibility index (Phi) is 4.19. The summed E-state index contributed by atoms with van der Waals surface area (Å²) >= 11 is 3.63. The van der Waals surface area contributed by atoms with E-state index < -0.39 is 0 Å². The molecule has 1 aromatic carbocycles. The van der Waals surface area contributed by atoms with Gasteiger partial charge in [-0.15, -0.1) is 0 Å². The summed E-state index contributed by atoms with van der Waals surface area (Å²) in [4.78, 5) is 12.9. The highest BCUT2D eigenvalue weighted by atomic mass is 79.9. The van der Waals surface area contributed by atoms with E-state index in [-0.39, 0.29) is 5.91 Å². The second-order valence-corrected chi connectivity index (χ2v) is 8.48. The van der Waals surface area contributed by atoms with Gasteiger partial charge >= 0.3 is 0 Å². The number of carbonyl (C=O) groups is 1. The number of carbonyl (C=O) groups excluding carboxylic acids is 1. The lowest BCUT2D eigenvalue weighted by atomic mass is 9.61. The third kappa shape index (κ3) is 2.69. The number of benzene rings is 1. The minimum absolute atomic E-state index is 0.0763. The van der Waals surface area contributed by atoms with E-state index in [0.717, 1.165) is 39.9 Å². The SMILES string of the molecule is CCn1cc(C(=O)NCC23CCC(CC2)CC3)c2cccc(Br)c21. The van der Waals surface area contributed by atoms with Gasteiger partial charge in [0.2, 0.25) is 0 Å². The summed E-state index contributed by atoms with van der Waals surface area (Å²) in [6, 6.07) is 6.09. The second kappa shape index (κ2) is 6.21. The molecule has 4 heteroatoms. The molecule has 5 rings (SSSR count). The molecule has 0 saturated heterocycles. The fourth-order valence-electron chi connectivity index (χ4n) is 4.71. The van der Waals surface area contributed by atoms with E-state index in [1.54, 1.807) is 0 Å². The molecular weight excluding hydrogens is 364 g/mol. The number of rotatable bonds is 4. The maximum atomic E-state index is 12.9. The minimum Gasteiger partial charge on any atom is -0.351 e. The van der Waals surface area contributed by atoms with Crippen LogP contribution < -0.4 is 5.32 Å². The number of aromatic nitrogens is 1. The van der Waals surface area contributed by atoms with Gasteiger partial charge in [0.1, 0.15) is 0 Å². The molecule has 1 amide bonds. The molecule has 3 aliphatic carbocycles. The molecule has 1 N–H and O–H groups in total. The van der Waals surface area contributed by atoms with Crippen LogP contribution in [0.4, 0.5) is 0 Å². The highest BCUT2D eigenvalue weighted by molar-refractivity contribution is 9.10. The van der Waals surface area contributed by atoms with Crippen LogP contribution in [-0.4, -0.2) is 17.0 Å². The number of hydrogen-bond donors (Lipinski definition) is 1. The van der Waals surface area contributed by atoms with E-state index in [9.17, 15) is 4.79 Å². The summed E-state index contributed by atoms with van der Waals surface area (Å²) in [5.41, 5.74) is 2.28. The summed E-state index contributed by atoms with van der Waals surface area (Å²) in [7, 11) is 0. The topological polar surface area (TPSA) is 34.0 Å². The number of aryl methyl sites for hydroxylation is 1. The van der Waals surface area contributed by atoms with Crippen LogP contribution in [0.25, 0.3) is 10.9 Å². The quantitative estimate of drug-likeness (QED) is 0.774. The summed E-state index contributed by atoms with van der Waals surface area (Å²) in [5.74, 6) is 1.04. The Morgan fingerprint density at radius 3 is 2.67 bits per heavy atom. The minimum atomic E-state index is 0.0763. The Morgan fingerprint density at radius 1 is 1.29 bits per heavy atom. The summed E-state index contributed by atoms with van der Waals surface area (Å²) in [6.45, 7) is 3.81. The molecule has 3 nitrogen and oxygen atoms in total. The van der Waals surface area contributed by atoms with Crippen molar-refractivity contribution in [2.75, 3.05) is 6.54 Å². The van der Waals surface area contributed by atoms with Gasteiger partial charge in [0.25, 0.3) is 5.91 Å². The molecule has 1 aromatic heterocycles. The largest absolute Gasteiger partial charge is 0.351 e. The van der Waals surface area contributed by atoms with Crippen LogP contribution in [0.3, 0.4) is 0 Å². The van der Waals surface area contributed by atoms with Gasteiger partial charge in [0, 0.05) is 29.1 Å². The van der Waals surface area contributed by atoms with Gasteiger partial charge in [0.15, 0.2) is 0 Å². The molecule has 3 saturated carbocycles. The number of fused-ring (bicyclic) bond motifs is 4. The van der Waals surface area contributed by atoms with Crippen LogP contribution in [0.1, 0.15) is 55.8 Å². The molecule has 24 heavy (non-hydrogen) atoms. The lowest BCUT2D eigenvalue weighted by molar-refractivity contribution is 0.0598. The van der Waals surface area contributed by atoms with Gasteiger partial charge in [-0.2, -0.15) is 0 Å². The highest BCUT2D eigenvalue weighted by Gasteiger charge is 2.40. The van der Waals surface area contributed by atoms with E-state index in [1.165, 1.54) is 38.5 Å². The van der Waals surface area contributed by atoms with Gasteiger partial charge in [-0.25, -0.2) is 0 Å². The van der Waals surface area contributed by atoms with Crippen LogP contribution in [0, 0.1) is 11.3 Å². The monoisotopic (exact) mass is 388 g/mol. The van der Waals surface area contributed by atoms with Crippen molar-refractivity contribution in [2.45, 2.75) is 52.0 Å². The zero-order valence-corrected chi connectivity index (χ0v) is 15.9. The molecule has 2 bridgehead atoms. The average Bonchev–Trinajstić information content (AvgIpc) is 3.02. The molecule has 2 aromatic rings. The molecule has 3 fully saturated rings. The molecule has 0 spiro atoms. The van der Waals surface area contributed by atoms with E-state index in [2.05, 4.69) is 32.7 Å².